The molecule has 4 heteroatoms. The number of nitrogens with zero attached hydrogens (tertiary/aromatic N) is 3. The van der Waals surface area contributed by atoms with Crippen molar-refractivity contribution >= 4 is 11.9 Å². The average molecular weight is 263 g/mol. The van der Waals surface area contributed by atoms with Crippen LogP contribution in [0, 0.1) is 6.92 Å². The summed E-state index contributed by atoms with van der Waals surface area (Å²) in [4.78, 5) is 15.0. The maximum absolute atomic E-state index is 12.3. The van der Waals surface area contributed by atoms with Crippen molar-refractivity contribution in [2.24, 2.45) is 5.11 Å². The first-order chi connectivity index (χ1) is 9.70. The molecule has 0 N–H and O–H groups in total. The van der Waals surface area contributed by atoms with Crippen LogP contribution in [0.15, 0.2) is 65.4 Å². The lowest BCUT2D eigenvalue weighted by molar-refractivity contribution is 0.103. The molecule has 4 nitrogen and oxygen atoms in total. The highest BCUT2D eigenvalue weighted by Gasteiger charge is 2.10. The van der Waals surface area contributed by atoms with Gasteiger partial charge in [0.2, 0.25) is 0 Å². The minimum Gasteiger partial charge on any atom is -0.289 e. The van der Waals surface area contributed by atoms with Crippen LogP contribution in [-0.2, 0) is 0 Å². The van der Waals surface area contributed by atoms with Gasteiger partial charge in [0.1, 0.15) is 0 Å². The van der Waals surface area contributed by atoms with Gasteiger partial charge in [-0.3, -0.25) is 4.79 Å². The molecule has 0 bridgehead atoms. The second kappa shape index (κ2) is 6.36. The quantitative estimate of drug-likeness (QED) is 0.263. The van der Waals surface area contributed by atoms with Gasteiger partial charge in [0, 0.05) is 10.5 Å². The molecule has 0 aliphatic carbocycles. The number of aryl methyl sites for hydroxylation is 1. The van der Waals surface area contributed by atoms with Gasteiger partial charge in [0.25, 0.3) is 0 Å². The monoisotopic (exact) mass is 263 g/mol. The first kappa shape index (κ1) is 13.6. The fourth-order valence-electron chi connectivity index (χ4n) is 1.75. The van der Waals surface area contributed by atoms with Gasteiger partial charge in [-0.25, -0.2) is 0 Å². The van der Waals surface area contributed by atoms with E-state index in [0.29, 0.717) is 5.56 Å². The van der Waals surface area contributed by atoms with Crippen LogP contribution in [-0.4, -0.2) is 5.78 Å². The summed E-state index contributed by atoms with van der Waals surface area (Å²) in [6, 6.07) is 16.4. The third-order valence-electron chi connectivity index (χ3n) is 2.80. The van der Waals surface area contributed by atoms with Gasteiger partial charge in [-0.05, 0) is 24.1 Å². The smallest absolute Gasteiger partial charge is 0.195 e. The van der Waals surface area contributed by atoms with Gasteiger partial charge in [-0.15, -0.1) is 0 Å². The van der Waals surface area contributed by atoms with E-state index in [0.717, 1.165) is 11.1 Å². The summed E-state index contributed by atoms with van der Waals surface area (Å²) >= 11 is 0. The highest BCUT2D eigenvalue weighted by atomic mass is 16.1. The Morgan fingerprint density at radius 3 is 2.35 bits per heavy atom. The fraction of sp³-hybridized carbons (Fsp3) is 0.0625. The van der Waals surface area contributed by atoms with E-state index in [1.807, 2.05) is 49.4 Å². The number of benzene rings is 2. The van der Waals surface area contributed by atoms with Gasteiger partial charge in [0.05, 0.1) is 5.70 Å². The van der Waals surface area contributed by atoms with Gasteiger partial charge in [0.15, 0.2) is 5.78 Å². The molecule has 0 aliphatic rings. The molecule has 0 unspecified atom stereocenters. The molecule has 0 heterocycles. The zero-order chi connectivity index (χ0) is 14.4. The molecule has 20 heavy (non-hydrogen) atoms. The number of allylic oxidation sites excluding steroid dienone is 1. The highest BCUT2D eigenvalue weighted by Crippen LogP contribution is 2.15. The second-order valence-electron chi connectivity index (χ2n) is 4.32. The summed E-state index contributed by atoms with van der Waals surface area (Å²) < 4.78 is 0. The minimum atomic E-state index is -0.286. The van der Waals surface area contributed by atoms with Crippen LogP contribution >= 0.6 is 0 Å². The molecule has 2 aromatic rings. The van der Waals surface area contributed by atoms with Gasteiger partial charge in [-0.1, -0.05) is 65.3 Å². The van der Waals surface area contributed by atoms with Crippen molar-refractivity contribution in [3.8, 4) is 0 Å². The van der Waals surface area contributed by atoms with Gasteiger partial charge in [-0.2, -0.15) is 0 Å². The summed E-state index contributed by atoms with van der Waals surface area (Å²) in [6.45, 7) is 1.95. The highest BCUT2D eigenvalue weighted by molar-refractivity contribution is 6.11. The van der Waals surface area contributed by atoms with Gasteiger partial charge >= 0.3 is 0 Å². The molecule has 0 saturated heterocycles. The zero-order valence-corrected chi connectivity index (χ0v) is 11.0. The van der Waals surface area contributed by atoms with E-state index in [1.165, 1.54) is 0 Å². The van der Waals surface area contributed by atoms with Crippen molar-refractivity contribution in [3.05, 3.63) is 87.4 Å². The third-order valence-corrected chi connectivity index (χ3v) is 2.80. The fourth-order valence-corrected chi connectivity index (χ4v) is 1.75. The molecule has 0 amide bonds. The van der Waals surface area contributed by atoms with Crippen LogP contribution in [0.5, 0.6) is 0 Å². The molecular formula is C16H13N3O. The van der Waals surface area contributed by atoms with E-state index < -0.39 is 0 Å². The Balaban J connectivity index is 2.38. The van der Waals surface area contributed by atoms with Crippen LogP contribution in [0.4, 0.5) is 0 Å². The summed E-state index contributed by atoms with van der Waals surface area (Å²) in [6.07, 6.45) is 1.59. The first-order valence-corrected chi connectivity index (χ1v) is 6.14. The van der Waals surface area contributed by atoms with E-state index in [1.54, 1.807) is 18.2 Å². The molecule has 2 rings (SSSR count). The summed E-state index contributed by atoms with van der Waals surface area (Å²) in [5.41, 5.74) is 11.1. The topological polar surface area (TPSA) is 65.8 Å². The van der Waals surface area contributed by atoms with Crippen molar-refractivity contribution in [1.29, 1.82) is 0 Å². The van der Waals surface area contributed by atoms with E-state index >= 15 is 0 Å². The normalized spacial score (nSPS) is 10.8. The average Bonchev–Trinajstić information content (AvgIpc) is 2.48. The molecule has 0 aromatic heterocycles. The van der Waals surface area contributed by atoms with Crippen LogP contribution in [0.2, 0.25) is 0 Å². The van der Waals surface area contributed by atoms with E-state index in [4.69, 9.17) is 5.53 Å². The summed E-state index contributed by atoms with van der Waals surface area (Å²) in [5, 5.41) is 3.51. The molecule has 0 aliphatic heterocycles. The van der Waals surface area contributed by atoms with E-state index in [2.05, 4.69) is 10.0 Å². The zero-order valence-electron chi connectivity index (χ0n) is 11.0. The molecule has 2 aromatic carbocycles. The molecule has 0 saturated carbocycles. The lowest BCUT2D eigenvalue weighted by atomic mass is 10.0. The molecule has 0 spiro atoms. The minimum absolute atomic E-state index is 0.0857. The number of azide groups is 1. The number of hydrogen-bond donors (Lipinski definition) is 0. The maximum Gasteiger partial charge on any atom is 0.195 e. The maximum atomic E-state index is 12.3. The standard InChI is InChI=1S/C16H13N3O/c1-12-7-9-14(10-8-12)16(20)15(18-19-17)11-13-5-3-2-4-6-13/h2-11H,1H3/b15-11-. The van der Waals surface area contributed by atoms with Crippen LogP contribution < -0.4 is 0 Å². The van der Waals surface area contributed by atoms with Crippen molar-refractivity contribution < 1.29 is 4.79 Å². The van der Waals surface area contributed by atoms with Gasteiger partial charge < -0.3 is 0 Å². The Hall–Kier alpha value is -2.84. The van der Waals surface area contributed by atoms with E-state index in [9.17, 15) is 4.79 Å². The lowest BCUT2D eigenvalue weighted by Gasteiger charge is -2.02. The molecular weight excluding hydrogens is 250 g/mol. The number of carbonyl (C=O) groups excluding carboxylic acids is 1. The Bertz CT molecular complexity index is 681. The molecule has 0 radical (unpaired) electrons. The second-order valence-corrected chi connectivity index (χ2v) is 4.32. The van der Waals surface area contributed by atoms with Crippen LogP contribution in [0.1, 0.15) is 21.5 Å². The predicted molar refractivity (Wildman–Crippen MR) is 79.1 cm³/mol. The summed E-state index contributed by atoms with van der Waals surface area (Å²) in [5.74, 6) is -0.286. The molecule has 0 fully saturated rings. The van der Waals surface area contributed by atoms with Crippen molar-refractivity contribution in [2.45, 2.75) is 6.92 Å². The number of rotatable bonds is 4. The van der Waals surface area contributed by atoms with Crippen molar-refractivity contribution in [1.82, 2.24) is 0 Å². The van der Waals surface area contributed by atoms with E-state index in [-0.39, 0.29) is 11.5 Å². The van der Waals surface area contributed by atoms with Crippen LogP contribution in [0.25, 0.3) is 16.5 Å². The Morgan fingerprint density at radius 2 is 1.75 bits per heavy atom. The Labute approximate surface area is 117 Å². The third kappa shape index (κ3) is 3.34. The number of Topliss-reactive ketones (excluding diaryl/α,β-unsaturated/α-hetero) is 1. The lowest BCUT2D eigenvalue weighted by Crippen LogP contribution is -2.01. The van der Waals surface area contributed by atoms with Crippen molar-refractivity contribution in [3.63, 3.8) is 0 Å². The number of carbonyl (C=O) groups is 1. The Kier molecular flexibility index (Phi) is 4.32. The van der Waals surface area contributed by atoms with Crippen molar-refractivity contribution in [2.75, 3.05) is 0 Å². The number of hydrogen-bond acceptors (Lipinski definition) is 2. The number of ketones is 1. The SMILES string of the molecule is Cc1ccc(C(=O)/C(=C/c2ccccc2)N=[N+]=[N-])cc1. The predicted octanol–water partition coefficient (Wildman–Crippen LogP) is 4.53. The molecule has 0 atom stereocenters. The largest absolute Gasteiger partial charge is 0.289 e. The molecule has 98 valence electrons. The summed E-state index contributed by atoms with van der Waals surface area (Å²) in [7, 11) is 0. The first-order valence-electron chi connectivity index (χ1n) is 6.14. The Morgan fingerprint density at radius 1 is 1.10 bits per heavy atom. The van der Waals surface area contributed by atoms with Crippen LogP contribution in [0.3, 0.4) is 0 Å².